The smallest absolute Gasteiger partial charge is 0.168 e. The predicted octanol–water partition coefficient (Wildman–Crippen LogP) is 3.04. The molecule has 5 heteroatoms. The van der Waals surface area contributed by atoms with Gasteiger partial charge in [-0.3, -0.25) is 0 Å². The van der Waals surface area contributed by atoms with E-state index in [2.05, 4.69) is 47.6 Å². The average Bonchev–Trinajstić information content (AvgIpc) is 2.66. The van der Waals surface area contributed by atoms with E-state index in [1.165, 1.54) is 16.9 Å². The summed E-state index contributed by atoms with van der Waals surface area (Å²) < 4.78 is 0.692. The van der Waals surface area contributed by atoms with E-state index in [0.29, 0.717) is 4.34 Å². The van der Waals surface area contributed by atoms with Crippen LogP contribution in [0.15, 0.2) is 34.7 Å². The van der Waals surface area contributed by atoms with Gasteiger partial charge in [0.25, 0.3) is 0 Å². The molecule has 0 saturated heterocycles. The number of hydrogen-bond acceptors (Lipinski definition) is 5. The third-order valence-corrected chi connectivity index (χ3v) is 3.79. The van der Waals surface area contributed by atoms with E-state index in [-0.39, 0.29) is 5.25 Å². The summed E-state index contributed by atoms with van der Waals surface area (Å²) >= 11 is 10.1. The van der Waals surface area contributed by atoms with Crippen LogP contribution in [0, 0.1) is 0 Å². The minimum atomic E-state index is 0.103. The number of benzene rings is 1. The van der Waals surface area contributed by atoms with Crippen molar-refractivity contribution in [3.05, 3.63) is 40.9 Å². The molecule has 1 atom stereocenters. The Balaban J connectivity index is 2.07. The van der Waals surface area contributed by atoms with Gasteiger partial charge in [-0.05, 0) is 12.0 Å². The summed E-state index contributed by atoms with van der Waals surface area (Å²) in [5, 5.41) is 8.92. The summed E-state index contributed by atoms with van der Waals surface area (Å²) in [7, 11) is 0. The van der Waals surface area contributed by atoms with Crippen molar-refractivity contribution in [2.45, 2.75) is 16.0 Å². The molecule has 78 valence electrons. The first-order valence-electron chi connectivity index (χ1n) is 4.50. The zero-order valence-electron chi connectivity index (χ0n) is 7.87. The molecule has 0 N–H and O–H groups in total. The molecule has 0 radical (unpaired) electrons. The van der Waals surface area contributed by atoms with Crippen LogP contribution in [0.4, 0.5) is 0 Å². The second-order valence-corrected chi connectivity index (χ2v) is 5.49. The lowest BCUT2D eigenvalue weighted by atomic mass is 10.1. The number of rotatable bonds is 3. The first kappa shape index (κ1) is 11.0. The topological polar surface area (TPSA) is 25.8 Å². The Bertz CT molecular complexity index is 427. The zero-order valence-corrected chi connectivity index (χ0v) is 10.5. The number of thiol groups is 2. The number of hydrogen-bond donors (Lipinski definition) is 2. The molecule has 0 saturated carbocycles. The van der Waals surface area contributed by atoms with Crippen molar-refractivity contribution in [2.24, 2.45) is 0 Å². The lowest BCUT2D eigenvalue weighted by Gasteiger charge is -2.05. The van der Waals surface area contributed by atoms with Gasteiger partial charge in [0.15, 0.2) is 4.34 Å². The fraction of sp³-hybridized carbons (Fsp3) is 0.200. The predicted molar refractivity (Wildman–Crippen MR) is 69.0 cm³/mol. The van der Waals surface area contributed by atoms with E-state index >= 15 is 0 Å². The van der Waals surface area contributed by atoms with Gasteiger partial charge in [-0.2, -0.15) is 12.6 Å². The van der Waals surface area contributed by atoms with Gasteiger partial charge in [0.1, 0.15) is 5.01 Å². The molecule has 0 fully saturated rings. The van der Waals surface area contributed by atoms with Crippen molar-refractivity contribution in [3.63, 3.8) is 0 Å². The summed E-state index contributed by atoms with van der Waals surface area (Å²) in [5.74, 6) is 0. The minimum absolute atomic E-state index is 0.103. The first-order valence-corrected chi connectivity index (χ1v) is 6.28. The molecule has 0 aliphatic heterocycles. The minimum Gasteiger partial charge on any atom is -0.168 e. The normalized spacial score (nSPS) is 12.7. The first-order chi connectivity index (χ1) is 7.25. The van der Waals surface area contributed by atoms with Gasteiger partial charge in [-0.15, -0.1) is 22.8 Å². The Morgan fingerprint density at radius 3 is 2.53 bits per heavy atom. The molecule has 1 unspecified atom stereocenters. The van der Waals surface area contributed by atoms with Gasteiger partial charge >= 0.3 is 0 Å². The maximum atomic E-state index is 4.52. The molecule has 1 heterocycles. The molecule has 0 aliphatic carbocycles. The molecule has 0 bridgehead atoms. The maximum absolute atomic E-state index is 4.52. The molecule has 2 aromatic rings. The third kappa shape index (κ3) is 2.96. The highest BCUT2D eigenvalue weighted by molar-refractivity contribution is 7.83. The zero-order chi connectivity index (χ0) is 10.7. The van der Waals surface area contributed by atoms with Crippen LogP contribution in [0.5, 0.6) is 0 Å². The summed E-state index contributed by atoms with van der Waals surface area (Å²) in [6.45, 7) is 0. The highest BCUT2D eigenvalue weighted by Crippen LogP contribution is 2.28. The summed E-state index contributed by atoms with van der Waals surface area (Å²) in [5.41, 5.74) is 1.26. The SMILES string of the molecule is Sc1nnc(C(S)Cc2ccccc2)s1. The van der Waals surface area contributed by atoms with E-state index in [9.17, 15) is 0 Å². The number of nitrogens with zero attached hydrogens (tertiary/aromatic N) is 2. The van der Waals surface area contributed by atoms with E-state index in [4.69, 9.17) is 0 Å². The Morgan fingerprint density at radius 1 is 1.20 bits per heavy atom. The molecule has 2 rings (SSSR count). The largest absolute Gasteiger partial charge is 0.171 e. The molecule has 0 aliphatic rings. The van der Waals surface area contributed by atoms with Gasteiger partial charge in [-0.25, -0.2) is 0 Å². The van der Waals surface area contributed by atoms with Crippen molar-refractivity contribution in [3.8, 4) is 0 Å². The average molecular weight is 254 g/mol. The maximum Gasteiger partial charge on any atom is 0.171 e. The summed E-state index contributed by atoms with van der Waals surface area (Å²) in [4.78, 5) is 0. The fourth-order valence-electron chi connectivity index (χ4n) is 1.29. The summed E-state index contributed by atoms with van der Waals surface area (Å²) in [6.07, 6.45) is 0.867. The summed E-state index contributed by atoms with van der Waals surface area (Å²) in [6, 6.07) is 10.2. The molecular formula is C10H10N2S3. The molecule has 1 aromatic heterocycles. The van der Waals surface area contributed by atoms with E-state index in [1.807, 2.05) is 18.2 Å². The lowest BCUT2D eigenvalue weighted by molar-refractivity contribution is 0.876. The second kappa shape index (κ2) is 5.01. The van der Waals surface area contributed by atoms with Crippen LogP contribution in [0.3, 0.4) is 0 Å². The fourth-order valence-corrected chi connectivity index (χ4v) is 2.60. The Morgan fingerprint density at radius 2 is 1.93 bits per heavy atom. The van der Waals surface area contributed by atoms with Gasteiger partial charge in [0, 0.05) is 0 Å². The molecule has 2 nitrogen and oxygen atoms in total. The van der Waals surface area contributed by atoms with Crippen molar-refractivity contribution < 1.29 is 0 Å². The van der Waals surface area contributed by atoms with Crippen molar-refractivity contribution in [1.82, 2.24) is 10.2 Å². The van der Waals surface area contributed by atoms with Gasteiger partial charge in [0.2, 0.25) is 0 Å². The van der Waals surface area contributed by atoms with Crippen molar-refractivity contribution in [1.29, 1.82) is 0 Å². The molecular weight excluding hydrogens is 244 g/mol. The van der Waals surface area contributed by atoms with Crippen LogP contribution in [-0.4, -0.2) is 10.2 Å². The highest BCUT2D eigenvalue weighted by atomic mass is 32.2. The van der Waals surface area contributed by atoms with Crippen LogP contribution in [0.25, 0.3) is 0 Å². The van der Waals surface area contributed by atoms with Crippen LogP contribution < -0.4 is 0 Å². The quantitative estimate of drug-likeness (QED) is 0.823. The Labute approximate surface area is 104 Å². The Kier molecular flexibility index (Phi) is 3.66. The molecule has 0 amide bonds. The van der Waals surface area contributed by atoms with Gasteiger partial charge < -0.3 is 0 Å². The van der Waals surface area contributed by atoms with Gasteiger partial charge in [0.05, 0.1) is 5.25 Å². The number of aromatic nitrogens is 2. The van der Waals surface area contributed by atoms with Crippen LogP contribution in [0.2, 0.25) is 0 Å². The lowest BCUT2D eigenvalue weighted by Crippen LogP contribution is -1.95. The third-order valence-electron chi connectivity index (χ3n) is 1.99. The van der Waals surface area contributed by atoms with Crippen LogP contribution in [-0.2, 0) is 6.42 Å². The monoisotopic (exact) mass is 254 g/mol. The molecule has 1 aromatic carbocycles. The van der Waals surface area contributed by atoms with E-state index < -0.39 is 0 Å². The second-order valence-electron chi connectivity index (χ2n) is 3.13. The van der Waals surface area contributed by atoms with Gasteiger partial charge in [-0.1, -0.05) is 41.7 Å². The van der Waals surface area contributed by atoms with Crippen molar-refractivity contribution >= 4 is 36.6 Å². The molecule has 15 heavy (non-hydrogen) atoms. The van der Waals surface area contributed by atoms with E-state index in [0.717, 1.165) is 11.4 Å². The Hall–Kier alpha value is -0.520. The van der Waals surface area contributed by atoms with Crippen LogP contribution in [0.1, 0.15) is 15.8 Å². The van der Waals surface area contributed by atoms with Crippen LogP contribution >= 0.6 is 36.6 Å². The van der Waals surface area contributed by atoms with E-state index in [1.54, 1.807) is 0 Å². The van der Waals surface area contributed by atoms with Crippen molar-refractivity contribution in [2.75, 3.05) is 0 Å². The highest BCUT2D eigenvalue weighted by Gasteiger charge is 2.12. The molecule has 0 spiro atoms. The standard InChI is InChI=1S/C10H10N2S3/c13-8(9-11-12-10(14)15-9)6-7-4-2-1-3-5-7/h1-5,8,13H,6H2,(H,12,14).